The van der Waals surface area contributed by atoms with Crippen molar-refractivity contribution < 1.29 is 19.1 Å². The SMILES string of the molecule is CCCN1C(=O)c2c(C(=O)NCc3cc(Br)ccc3OC)ncn2C[C@@]1(C)C(=O)NCCC(C)C. The molecule has 0 saturated heterocycles. The lowest BCUT2D eigenvalue weighted by atomic mass is 9.93. The van der Waals surface area contributed by atoms with Gasteiger partial charge in [0.05, 0.1) is 20.0 Å². The van der Waals surface area contributed by atoms with Crippen LogP contribution in [-0.4, -0.2) is 57.9 Å². The number of hydrogen-bond donors (Lipinski definition) is 2. The summed E-state index contributed by atoms with van der Waals surface area (Å²) in [7, 11) is 1.57. The van der Waals surface area contributed by atoms with E-state index in [1.54, 1.807) is 23.5 Å². The average molecular weight is 548 g/mol. The van der Waals surface area contributed by atoms with Crippen LogP contribution >= 0.6 is 15.9 Å². The Kier molecular flexibility index (Phi) is 8.58. The van der Waals surface area contributed by atoms with Gasteiger partial charge in [-0.3, -0.25) is 14.4 Å². The minimum Gasteiger partial charge on any atom is -0.496 e. The molecule has 0 spiro atoms. The Labute approximate surface area is 214 Å². The highest BCUT2D eigenvalue weighted by atomic mass is 79.9. The van der Waals surface area contributed by atoms with E-state index in [-0.39, 0.29) is 36.3 Å². The topological polar surface area (TPSA) is 106 Å². The van der Waals surface area contributed by atoms with Crippen molar-refractivity contribution in [1.82, 2.24) is 25.1 Å². The van der Waals surface area contributed by atoms with Crippen molar-refractivity contribution in [2.75, 3.05) is 20.2 Å². The van der Waals surface area contributed by atoms with Crippen molar-refractivity contribution in [1.29, 1.82) is 0 Å². The maximum Gasteiger partial charge on any atom is 0.273 e. The molecule has 0 saturated carbocycles. The summed E-state index contributed by atoms with van der Waals surface area (Å²) in [4.78, 5) is 45.7. The number of amides is 3. The second-order valence-corrected chi connectivity index (χ2v) is 10.3. The molecule has 0 bridgehead atoms. The van der Waals surface area contributed by atoms with Crippen LogP contribution < -0.4 is 15.4 Å². The Balaban J connectivity index is 1.83. The van der Waals surface area contributed by atoms with E-state index in [4.69, 9.17) is 4.74 Å². The molecule has 2 aromatic rings. The Hall–Kier alpha value is -2.88. The van der Waals surface area contributed by atoms with E-state index in [0.717, 1.165) is 16.5 Å². The molecule has 1 aliphatic heterocycles. The maximum atomic E-state index is 13.6. The summed E-state index contributed by atoms with van der Waals surface area (Å²) in [5.74, 6) is 0.0656. The number of rotatable bonds is 10. The summed E-state index contributed by atoms with van der Waals surface area (Å²) in [5, 5.41) is 5.82. The first-order valence-electron chi connectivity index (χ1n) is 11.9. The Bertz CT molecular complexity index is 1100. The van der Waals surface area contributed by atoms with Gasteiger partial charge in [-0.2, -0.15) is 0 Å². The first kappa shape index (κ1) is 26.7. The molecule has 0 fully saturated rings. The predicted molar refractivity (Wildman–Crippen MR) is 136 cm³/mol. The van der Waals surface area contributed by atoms with Crippen LogP contribution in [0.15, 0.2) is 29.0 Å². The van der Waals surface area contributed by atoms with Gasteiger partial charge in [-0.15, -0.1) is 0 Å². The Morgan fingerprint density at radius 2 is 2.03 bits per heavy atom. The fourth-order valence-electron chi connectivity index (χ4n) is 4.24. The third-order valence-electron chi connectivity index (χ3n) is 6.20. The first-order valence-corrected chi connectivity index (χ1v) is 12.7. The molecular formula is C25H34BrN5O4. The van der Waals surface area contributed by atoms with Crippen molar-refractivity contribution in [3.63, 3.8) is 0 Å². The number of aromatic nitrogens is 2. The third-order valence-corrected chi connectivity index (χ3v) is 6.69. The molecule has 0 aliphatic carbocycles. The normalized spacial score (nSPS) is 17.3. The fourth-order valence-corrected chi connectivity index (χ4v) is 4.65. The molecule has 3 amide bonds. The number of nitrogens with one attached hydrogen (secondary N) is 2. The zero-order valence-electron chi connectivity index (χ0n) is 21.0. The minimum atomic E-state index is -1.07. The molecule has 2 N–H and O–H groups in total. The van der Waals surface area contributed by atoms with Crippen molar-refractivity contribution in [3.05, 3.63) is 46.0 Å². The number of carbonyl (C=O) groups is 3. The zero-order chi connectivity index (χ0) is 25.8. The highest BCUT2D eigenvalue weighted by Crippen LogP contribution is 2.29. The molecule has 9 nitrogen and oxygen atoms in total. The van der Waals surface area contributed by atoms with E-state index in [2.05, 4.69) is 45.4 Å². The van der Waals surface area contributed by atoms with Crippen LogP contribution in [0.25, 0.3) is 0 Å². The van der Waals surface area contributed by atoms with E-state index in [0.29, 0.717) is 31.2 Å². The summed E-state index contributed by atoms with van der Waals surface area (Å²) in [6.45, 7) is 9.29. The van der Waals surface area contributed by atoms with Gasteiger partial charge < -0.3 is 24.8 Å². The van der Waals surface area contributed by atoms with Crippen LogP contribution in [0, 0.1) is 5.92 Å². The highest BCUT2D eigenvalue weighted by molar-refractivity contribution is 9.10. The van der Waals surface area contributed by atoms with E-state index < -0.39 is 11.4 Å². The van der Waals surface area contributed by atoms with Gasteiger partial charge in [-0.25, -0.2) is 4.98 Å². The van der Waals surface area contributed by atoms with E-state index in [1.165, 1.54) is 6.33 Å². The largest absolute Gasteiger partial charge is 0.496 e. The van der Waals surface area contributed by atoms with Gasteiger partial charge in [0.25, 0.3) is 11.8 Å². The number of imidazole rings is 1. The molecule has 1 aliphatic rings. The van der Waals surface area contributed by atoms with Gasteiger partial charge in [0.2, 0.25) is 5.91 Å². The molecule has 1 aromatic carbocycles. The van der Waals surface area contributed by atoms with E-state index in [1.807, 2.05) is 25.1 Å². The highest BCUT2D eigenvalue weighted by Gasteiger charge is 2.48. The predicted octanol–water partition coefficient (Wildman–Crippen LogP) is 3.37. The van der Waals surface area contributed by atoms with Crippen molar-refractivity contribution in [3.8, 4) is 5.75 Å². The zero-order valence-corrected chi connectivity index (χ0v) is 22.6. The van der Waals surface area contributed by atoms with Gasteiger partial charge in [0.15, 0.2) is 5.69 Å². The summed E-state index contributed by atoms with van der Waals surface area (Å²) >= 11 is 3.43. The summed E-state index contributed by atoms with van der Waals surface area (Å²) in [6.07, 6.45) is 3.00. The van der Waals surface area contributed by atoms with Crippen LogP contribution in [0.2, 0.25) is 0 Å². The van der Waals surface area contributed by atoms with Crippen LogP contribution in [-0.2, 0) is 17.9 Å². The van der Waals surface area contributed by atoms with Crippen LogP contribution in [0.3, 0.4) is 0 Å². The van der Waals surface area contributed by atoms with Crippen LogP contribution in [0.5, 0.6) is 5.75 Å². The maximum absolute atomic E-state index is 13.6. The quantitative estimate of drug-likeness (QED) is 0.474. The number of carbonyl (C=O) groups excluding carboxylic acids is 3. The Morgan fingerprint density at radius 1 is 1.29 bits per heavy atom. The number of nitrogens with zero attached hydrogens (tertiary/aromatic N) is 3. The first-order chi connectivity index (χ1) is 16.6. The monoisotopic (exact) mass is 547 g/mol. The smallest absolute Gasteiger partial charge is 0.273 e. The molecule has 2 heterocycles. The lowest BCUT2D eigenvalue weighted by Gasteiger charge is -2.43. The summed E-state index contributed by atoms with van der Waals surface area (Å²) in [5.41, 5.74) is -0.0420. The van der Waals surface area contributed by atoms with Gasteiger partial charge in [0.1, 0.15) is 17.0 Å². The number of benzene rings is 1. The number of ether oxygens (including phenoxy) is 1. The van der Waals surface area contributed by atoms with Crippen molar-refractivity contribution in [2.45, 2.75) is 59.2 Å². The average Bonchev–Trinajstić information content (AvgIpc) is 3.23. The van der Waals surface area contributed by atoms with Crippen molar-refractivity contribution >= 4 is 33.7 Å². The molecule has 35 heavy (non-hydrogen) atoms. The molecule has 0 radical (unpaired) electrons. The second kappa shape index (κ2) is 11.2. The molecular weight excluding hydrogens is 514 g/mol. The van der Waals surface area contributed by atoms with Gasteiger partial charge in [0, 0.05) is 29.7 Å². The molecule has 1 aromatic heterocycles. The molecule has 190 valence electrons. The van der Waals surface area contributed by atoms with Crippen molar-refractivity contribution in [2.24, 2.45) is 5.92 Å². The lowest BCUT2D eigenvalue weighted by Crippen LogP contribution is -2.64. The Morgan fingerprint density at radius 3 is 2.69 bits per heavy atom. The van der Waals surface area contributed by atoms with E-state index >= 15 is 0 Å². The summed E-state index contributed by atoms with van der Waals surface area (Å²) < 4.78 is 7.84. The van der Waals surface area contributed by atoms with E-state index in [9.17, 15) is 14.4 Å². The summed E-state index contributed by atoms with van der Waals surface area (Å²) in [6, 6.07) is 5.52. The number of halogens is 1. The molecule has 1 atom stereocenters. The van der Waals surface area contributed by atoms with Gasteiger partial charge in [-0.05, 0) is 43.9 Å². The molecule has 10 heteroatoms. The molecule has 3 rings (SSSR count). The van der Waals surface area contributed by atoms with Gasteiger partial charge >= 0.3 is 0 Å². The fraction of sp³-hybridized carbons (Fsp3) is 0.520. The third kappa shape index (κ3) is 5.69. The number of hydrogen-bond acceptors (Lipinski definition) is 5. The second-order valence-electron chi connectivity index (χ2n) is 9.38. The lowest BCUT2D eigenvalue weighted by molar-refractivity contribution is -0.132. The minimum absolute atomic E-state index is 0.0485. The molecule has 0 unspecified atom stereocenters. The standard InChI is InChI=1S/C25H34BrN5O4/c1-6-11-31-23(33)21-20(22(32)28-13-17-12-18(26)7-8-19(17)35-5)29-15-30(21)14-25(31,4)24(34)27-10-9-16(2)3/h7-8,12,15-16H,6,9-11,13-14H2,1-5H3,(H,27,34)(H,28,32)/t25-/m0/s1. The van der Waals surface area contributed by atoms with Crippen LogP contribution in [0.4, 0.5) is 0 Å². The number of methoxy groups -OCH3 is 1. The van der Waals surface area contributed by atoms with Gasteiger partial charge in [-0.1, -0.05) is 36.7 Å². The van der Waals surface area contributed by atoms with Crippen LogP contribution in [0.1, 0.15) is 67.1 Å². The number of fused-ring (bicyclic) bond motifs is 1.